The molecule has 1 aromatic carbocycles. The third-order valence-electron chi connectivity index (χ3n) is 4.39. The molecule has 0 bridgehead atoms. The highest BCUT2D eigenvalue weighted by Gasteiger charge is 2.17. The van der Waals surface area contributed by atoms with E-state index in [9.17, 15) is 4.79 Å². The average molecular weight is 327 g/mol. The maximum atomic E-state index is 12.3. The second-order valence-electron chi connectivity index (χ2n) is 6.36. The molecule has 1 fully saturated rings. The first-order valence-electron chi connectivity index (χ1n) is 8.43. The molecular weight excluding hydrogens is 302 g/mol. The van der Waals surface area contributed by atoms with Crippen molar-refractivity contribution in [1.82, 2.24) is 20.0 Å². The Hall–Kier alpha value is -2.50. The van der Waals surface area contributed by atoms with Crippen LogP contribution in [0, 0.1) is 0 Å². The smallest absolute Gasteiger partial charge is 0.317 e. The van der Waals surface area contributed by atoms with Crippen molar-refractivity contribution in [1.29, 1.82) is 0 Å². The van der Waals surface area contributed by atoms with Gasteiger partial charge in [0.15, 0.2) is 0 Å². The van der Waals surface area contributed by atoms with Gasteiger partial charge >= 0.3 is 6.03 Å². The van der Waals surface area contributed by atoms with Gasteiger partial charge < -0.3 is 15.1 Å². The van der Waals surface area contributed by atoms with E-state index in [0.29, 0.717) is 13.1 Å². The Balaban J connectivity index is 1.59. The minimum absolute atomic E-state index is 0.0740. The molecular formula is C18H25N5O. The molecule has 0 radical (unpaired) electrons. The highest BCUT2D eigenvalue weighted by atomic mass is 16.2. The zero-order valence-corrected chi connectivity index (χ0v) is 14.4. The zero-order valence-electron chi connectivity index (χ0n) is 14.4. The second kappa shape index (κ2) is 7.38. The summed E-state index contributed by atoms with van der Waals surface area (Å²) in [6, 6.07) is 8.30. The average Bonchev–Trinajstić information content (AvgIpc) is 3.24. The van der Waals surface area contributed by atoms with Crippen LogP contribution in [-0.2, 0) is 20.1 Å². The zero-order chi connectivity index (χ0) is 16.9. The number of carbonyl (C=O) groups excluding carboxylic acids is 1. The molecule has 24 heavy (non-hydrogen) atoms. The molecule has 2 heterocycles. The lowest BCUT2D eigenvalue weighted by Crippen LogP contribution is -2.36. The van der Waals surface area contributed by atoms with Crippen LogP contribution in [0.25, 0.3) is 0 Å². The second-order valence-corrected chi connectivity index (χ2v) is 6.36. The number of para-hydroxylation sites is 1. The minimum Gasteiger partial charge on any atom is -0.371 e. The lowest BCUT2D eigenvalue weighted by molar-refractivity contribution is 0.206. The third-order valence-corrected chi connectivity index (χ3v) is 4.39. The fourth-order valence-electron chi connectivity index (χ4n) is 3.11. The maximum absolute atomic E-state index is 12.3. The Morgan fingerprint density at radius 3 is 2.75 bits per heavy atom. The van der Waals surface area contributed by atoms with Gasteiger partial charge in [0, 0.05) is 57.7 Å². The molecule has 1 N–H and O–H groups in total. The normalized spacial score (nSPS) is 14.0. The molecule has 0 aliphatic carbocycles. The van der Waals surface area contributed by atoms with Crippen molar-refractivity contribution in [3.05, 3.63) is 47.8 Å². The fourth-order valence-corrected chi connectivity index (χ4v) is 3.11. The van der Waals surface area contributed by atoms with Crippen LogP contribution in [0.1, 0.15) is 24.0 Å². The van der Waals surface area contributed by atoms with E-state index in [0.717, 1.165) is 18.7 Å². The van der Waals surface area contributed by atoms with Gasteiger partial charge in [-0.25, -0.2) is 4.79 Å². The van der Waals surface area contributed by atoms with Crippen molar-refractivity contribution in [2.24, 2.45) is 7.05 Å². The predicted molar refractivity (Wildman–Crippen MR) is 94.8 cm³/mol. The van der Waals surface area contributed by atoms with Gasteiger partial charge in [-0.2, -0.15) is 5.10 Å². The summed E-state index contributed by atoms with van der Waals surface area (Å²) in [7, 11) is 3.70. The number of aromatic nitrogens is 2. The van der Waals surface area contributed by atoms with E-state index >= 15 is 0 Å². The number of benzene rings is 1. The number of amides is 2. The molecule has 2 aromatic rings. The molecule has 0 spiro atoms. The molecule has 0 atom stereocenters. The summed E-state index contributed by atoms with van der Waals surface area (Å²) in [4.78, 5) is 16.5. The van der Waals surface area contributed by atoms with Crippen molar-refractivity contribution in [3.8, 4) is 0 Å². The number of carbonyl (C=O) groups is 1. The molecule has 0 saturated carbocycles. The van der Waals surface area contributed by atoms with Crippen LogP contribution in [0.3, 0.4) is 0 Å². The van der Waals surface area contributed by atoms with Gasteiger partial charge in [0.05, 0.1) is 6.20 Å². The van der Waals surface area contributed by atoms with Gasteiger partial charge in [-0.1, -0.05) is 18.2 Å². The Kier molecular flexibility index (Phi) is 5.03. The minimum atomic E-state index is -0.0740. The molecule has 1 saturated heterocycles. The van der Waals surface area contributed by atoms with Crippen molar-refractivity contribution < 1.29 is 4.79 Å². The van der Waals surface area contributed by atoms with Gasteiger partial charge in [0.2, 0.25) is 0 Å². The molecule has 0 unspecified atom stereocenters. The third kappa shape index (κ3) is 3.88. The van der Waals surface area contributed by atoms with Gasteiger partial charge in [-0.15, -0.1) is 0 Å². The predicted octanol–water partition coefficient (Wildman–Crippen LogP) is 2.36. The molecule has 1 aliphatic heterocycles. The number of urea groups is 1. The van der Waals surface area contributed by atoms with Gasteiger partial charge in [-0.05, 0) is 24.5 Å². The standard InChI is InChI=1S/C18H25N5O/c1-21(18(24)19-11-15-12-20-22(2)13-15)14-16-7-3-4-8-17(16)23-9-5-6-10-23/h3-4,7-8,12-13H,5-6,9-11,14H2,1-2H3,(H,19,24). The topological polar surface area (TPSA) is 53.4 Å². The first-order valence-corrected chi connectivity index (χ1v) is 8.43. The van der Waals surface area contributed by atoms with Crippen molar-refractivity contribution in [2.75, 3.05) is 25.0 Å². The summed E-state index contributed by atoms with van der Waals surface area (Å²) in [6.45, 7) is 3.30. The van der Waals surface area contributed by atoms with E-state index < -0.39 is 0 Å². The summed E-state index contributed by atoms with van der Waals surface area (Å²) in [5.74, 6) is 0. The number of hydrogen-bond donors (Lipinski definition) is 1. The number of nitrogens with one attached hydrogen (secondary N) is 1. The van der Waals surface area contributed by atoms with Crippen LogP contribution in [0.15, 0.2) is 36.7 Å². The van der Waals surface area contributed by atoms with Crippen LogP contribution in [0.4, 0.5) is 10.5 Å². The molecule has 3 rings (SSSR count). The first-order chi connectivity index (χ1) is 11.6. The first kappa shape index (κ1) is 16.4. The Labute approximate surface area is 143 Å². The quantitative estimate of drug-likeness (QED) is 0.917. The van der Waals surface area contributed by atoms with E-state index in [2.05, 4.69) is 33.5 Å². The Bertz CT molecular complexity index is 690. The molecule has 2 amide bonds. The fraction of sp³-hybridized carbons (Fsp3) is 0.444. The van der Waals surface area contributed by atoms with Gasteiger partial charge in [0.1, 0.15) is 0 Å². The van der Waals surface area contributed by atoms with Crippen molar-refractivity contribution >= 4 is 11.7 Å². The molecule has 6 nitrogen and oxygen atoms in total. The van der Waals surface area contributed by atoms with E-state index in [4.69, 9.17) is 0 Å². The highest BCUT2D eigenvalue weighted by Crippen LogP contribution is 2.25. The molecule has 128 valence electrons. The Morgan fingerprint density at radius 1 is 1.29 bits per heavy atom. The van der Waals surface area contributed by atoms with Crippen molar-refractivity contribution in [3.63, 3.8) is 0 Å². The van der Waals surface area contributed by atoms with Crippen LogP contribution < -0.4 is 10.2 Å². The SMILES string of the molecule is CN(Cc1ccccc1N1CCCC1)C(=O)NCc1cnn(C)c1. The Morgan fingerprint density at radius 2 is 2.04 bits per heavy atom. The van der Waals surface area contributed by atoms with E-state index in [-0.39, 0.29) is 6.03 Å². The van der Waals surface area contributed by atoms with Crippen LogP contribution in [0.2, 0.25) is 0 Å². The lowest BCUT2D eigenvalue weighted by atomic mass is 10.1. The number of nitrogens with zero attached hydrogens (tertiary/aromatic N) is 4. The van der Waals surface area contributed by atoms with Gasteiger partial charge in [0.25, 0.3) is 0 Å². The van der Waals surface area contributed by atoms with Crippen molar-refractivity contribution in [2.45, 2.75) is 25.9 Å². The summed E-state index contributed by atoms with van der Waals surface area (Å²) in [6.07, 6.45) is 6.16. The lowest BCUT2D eigenvalue weighted by Gasteiger charge is -2.24. The summed E-state index contributed by atoms with van der Waals surface area (Å²) in [5.41, 5.74) is 3.44. The maximum Gasteiger partial charge on any atom is 0.317 e. The van der Waals surface area contributed by atoms with Gasteiger partial charge in [-0.3, -0.25) is 4.68 Å². The largest absolute Gasteiger partial charge is 0.371 e. The summed E-state index contributed by atoms with van der Waals surface area (Å²) >= 11 is 0. The van der Waals surface area contributed by atoms with Crippen LogP contribution in [0.5, 0.6) is 0 Å². The number of aryl methyl sites for hydroxylation is 1. The monoisotopic (exact) mass is 327 g/mol. The number of hydrogen-bond acceptors (Lipinski definition) is 3. The summed E-state index contributed by atoms with van der Waals surface area (Å²) in [5, 5.41) is 7.05. The van der Waals surface area contributed by atoms with Crippen LogP contribution in [-0.4, -0.2) is 40.8 Å². The molecule has 6 heteroatoms. The highest BCUT2D eigenvalue weighted by molar-refractivity contribution is 5.74. The van der Waals surface area contributed by atoms with E-state index in [1.807, 2.05) is 26.4 Å². The van der Waals surface area contributed by atoms with E-state index in [1.165, 1.54) is 24.1 Å². The number of anilines is 1. The molecule has 1 aromatic heterocycles. The number of rotatable bonds is 5. The summed E-state index contributed by atoms with van der Waals surface area (Å²) < 4.78 is 1.73. The molecule has 1 aliphatic rings. The van der Waals surface area contributed by atoms with E-state index in [1.54, 1.807) is 15.8 Å². The van der Waals surface area contributed by atoms with Crippen LogP contribution >= 0.6 is 0 Å².